The van der Waals surface area contributed by atoms with Crippen molar-refractivity contribution >= 4 is 11.9 Å². The van der Waals surface area contributed by atoms with Gasteiger partial charge in [0.1, 0.15) is 6.10 Å². The minimum absolute atomic E-state index is 0.111. The fraction of sp³-hybridized carbons (Fsp3) is 0.385. The number of esters is 2. The van der Waals surface area contributed by atoms with E-state index in [1.165, 1.54) is 0 Å². The summed E-state index contributed by atoms with van der Waals surface area (Å²) in [6.45, 7) is 1.81. The molecule has 3 rings (SSSR count). The molecule has 0 N–H and O–H groups in total. The third-order valence-electron chi connectivity index (χ3n) is 3.31. The highest BCUT2D eigenvalue weighted by molar-refractivity contribution is 5.95. The Hall–Kier alpha value is -1.84. The Morgan fingerprint density at radius 1 is 1.29 bits per heavy atom. The molecule has 0 amide bonds. The largest absolute Gasteiger partial charge is 0.462 e. The lowest BCUT2D eigenvalue weighted by atomic mass is 9.83. The van der Waals surface area contributed by atoms with Crippen LogP contribution < -0.4 is 0 Å². The van der Waals surface area contributed by atoms with Gasteiger partial charge in [-0.2, -0.15) is 0 Å². The lowest BCUT2D eigenvalue weighted by molar-refractivity contribution is -0.168. The monoisotopic (exact) mass is 232 g/mol. The molecule has 0 saturated carbocycles. The Morgan fingerprint density at radius 2 is 2.06 bits per heavy atom. The second-order valence-corrected chi connectivity index (χ2v) is 4.61. The van der Waals surface area contributed by atoms with Crippen molar-refractivity contribution in [2.24, 2.45) is 0 Å². The van der Waals surface area contributed by atoms with Crippen LogP contribution in [0.3, 0.4) is 0 Å². The van der Waals surface area contributed by atoms with Gasteiger partial charge in [-0.3, -0.25) is 4.79 Å². The van der Waals surface area contributed by atoms with E-state index < -0.39 is 5.60 Å². The maximum Gasteiger partial charge on any atom is 0.339 e. The molecule has 88 valence electrons. The SMILES string of the molecule is C[C@H]1CC2(CC(=O)O1)OC(=O)c1ccccc12. The number of ether oxygens (including phenoxy) is 2. The number of cyclic esters (lactones) is 1. The second-order valence-electron chi connectivity index (χ2n) is 4.61. The van der Waals surface area contributed by atoms with Crippen molar-refractivity contribution in [3.05, 3.63) is 35.4 Å². The Morgan fingerprint density at radius 3 is 2.82 bits per heavy atom. The Bertz CT molecular complexity index is 504. The molecule has 2 aliphatic rings. The molecule has 1 aromatic rings. The third kappa shape index (κ3) is 1.44. The maximum atomic E-state index is 11.8. The van der Waals surface area contributed by atoms with Gasteiger partial charge in [0, 0.05) is 12.0 Å². The van der Waals surface area contributed by atoms with Crippen LogP contribution in [0.25, 0.3) is 0 Å². The summed E-state index contributed by atoms with van der Waals surface area (Å²) in [7, 11) is 0. The van der Waals surface area contributed by atoms with Crippen molar-refractivity contribution in [2.45, 2.75) is 31.5 Å². The van der Waals surface area contributed by atoms with Crippen LogP contribution in [0.4, 0.5) is 0 Å². The van der Waals surface area contributed by atoms with Crippen LogP contribution in [0.5, 0.6) is 0 Å². The molecule has 1 aromatic carbocycles. The highest BCUT2D eigenvalue weighted by atomic mass is 16.6. The maximum absolute atomic E-state index is 11.8. The van der Waals surface area contributed by atoms with Crippen LogP contribution in [0, 0.1) is 0 Å². The van der Waals surface area contributed by atoms with Gasteiger partial charge in [-0.1, -0.05) is 18.2 Å². The van der Waals surface area contributed by atoms with Crippen molar-refractivity contribution in [3.63, 3.8) is 0 Å². The zero-order valence-electron chi connectivity index (χ0n) is 9.43. The number of carbonyl (C=O) groups excluding carboxylic acids is 2. The molecule has 2 heterocycles. The molecular formula is C13H12O4. The lowest BCUT2D eigenvalue weighted by Gasteiger charge is -2.34. The van der Waals surface area contributed by atoms with E-state index in [0.717, 1.165) is 5.56 Å². The standard InChI is InChI=1S/C13H12O4/c1-8-6-13(7-11(14)16-8)10-5-3-2-4-9(10)12(15)17-13/h2-5,8H,6-7H2,1H3/t8-,13?/m0/s1. The fourth-order valence-corrected chi connectivity index (χ4v) is 2.71. The smallest absolute Gasteiger partial charge is 0.339 e. The Labute approximate surface area is 98.5 Å². The first-order valence-corrected chi connectivity index (χ1v) is 5.63. The minimum atomic E-state index is -0.803. The first-order valence-electron chi connectivity index (χ1n) is 5.63. The summed E-state index contributed by atoms with van der Waals surface area (Å²) in [4.78, 5) is 23.3. The number of hydrogen-bond acceptors (Lipinski definition) is 4. The van der Waals surface area contributed by atoms with Crippen molar-refractivity contribution in [1.29, 1.82) is 0 Å². The molecule has 17 heavy (non-hydrogen) atoms. The van der Waals surface area contributed by atoms with Crippen molar-refractivity contribution in [3.8, 4) is 0 Å². The first-order chi connectivity index (χ1) is 8.11. The predicted molar refractivity (Wildman–Crippen MR) is 58.3 cm³/mol. The van der Waals surface area contributed by atoms with E-state index in [9.17, 15) is 9.59 Å². The molecule has 2 atom stereocenters. The molecule has 4 heteroatoms. The molecular weight excluding hydrogens is 220 g/mol. The number of fused-ring (bicyclic) bond motifs is 2. The van der Waals surface area contributed by atoms with Crippen LogP contribution >= 0.6 is 0 Å². The van der Waals surface area contributed by atoms with Gasteiger partial charge in [-0.15, -0.1) is 0 Å². The molecule has 1 unspecified atom stereocenters. The summed E-state index contributed by atoms with van der Waals surface area (Å²) in [6.07, 6.45) is 0.414. The van der Waals surface area contributed by atoms with Gasteiger partial charge in [-0.25, -0.2) is 4.79 Å². The van der Waals surface area contributed by atoms with Crippen LogP contribution in [0.2, 0.25) is 0 Å². The molecule has 0 bridgehead atoms. The second kappa shape index (κ2) is 3.32. The van der Waals surface area contributed by atoms with E-state index in [2.05, 4.69) is 0 Å². The Balaban J connectivity index is 2.10. The summed E-state index contributed by atoms with van der Waals surface area (Å²) >= 11 is 0. The first kappa shape index (κ1) is 10.3. The molecule has 1 saturated heterocycles. The summed E-state index contributed by atoms with van der Waals surface area (Å²) < 4.78 is 10.6. The van der Waals surface area contributed by atoms with E-state index >= 15 is 0 Å². The normalized spacial score (nSPS) is 31.0. The summed E-state index contributed by atoms with van der Waals surface area (Å²) in [5, 5.41) is 0. The number of benzene rings is 1. The zero-order valence-corrected chi connectivity index (χ0v) is 9.43. The van der Waals surface area contributed by atoms with E-state index in [1.807, 2.05) is 19.1 Å². The van der Waals surface area contributed by atoms with Crippen molar-refractivity contribution in [1.82, 2.24) is 0 Å². The van der Waals surface area contributed by atoms with Crippen LogP contribution in [0.1, 0.15) is 35.7 Å². The molecule has 4 nitrogen and oxygen atoms in total. The van der Waals surface area contributed by atoms with Gasteiger partial charge in [0.15, 0.2) is 5.60 Å². The Kier molecular flexibility index (Phi) is 2.02. The van der Waals surface area contributed by atoms with Crippen molar-refractivity contribution < 1.29 is 19.1 Å². The quantitative estimate of drug-likeness (QED) is 0.640. The number of rotatable bonds is 0. The van der Waals surface area contributed by atoms with Gasteiger partial charge in [0.2, 0.25) is 0 Å². The molecule has 0 aliphatic carbocycles. The zero-order chi connectivity index (χ0) is 12.0. The summed E-state index contributed by atoms with van der Waals surface area (Å²) in [5.74, 6) is -0.657. The van der Waals surface area contributed by atoms with E-state index in [1.54, 1.807) is 12.1 Å². The van der Waals surface area contributed by atoms with E-state index in [4.69, 9.17) is 9.47 Å². The highest BCUT2D eigenvalue weighted by Crippen LogP contribution is 2.45. The molecule has 0 radical (unpaired) electrons. The average Bonchev–Trinajstić information content (AvgIpc) is 2.51. The summed E-state index contributed by atoms with van der Waals surface area (Å²) in [6, 6.07) is 7.24. The highest BCUT2D eigenvalue weighted by Gasteiger charge is 2.50. The number of hydrogen-bond donors (Lipinski definition) is 0. The number of carbonyl (C=O) groups is 2. The van der Waals surface area contributed by atoms with Crippen LogP contribution in [-0.2, 0) is 19.9 Å². The van der Waals surface area contributed by atoms with Gasteiger partial charge < -0.3 is 9.47 Å². The summed E-state index contributed by atoms with van der Waals surface area (Å²) in [5.41, 5.74) is 0.575. The molecule has 0 aromatic heterocycles. The third-order valence-corrected chi connectivity index (χ3v) is 3.31. The van der Waals surface area contributed by atoms with Crippen LogP contribution in [0.15, 0.2) is 24.3 Å². The topological polar surface area (TPSA) is 52.6 Å². The molecule has 2 aliphatic heterocycles. The van der Waals surface area contributed by atoms with E-state index in [0.29, 0.717) is 12.0 Å². The van der Waals surface area contributed by atoms with Crippen molar-refractivity contribution in [2.75, 3.05) is 0 Å². The van der Waals surface area contributed by atoms with Gasteiger partial charge in [-0.05, 0) is 13.0 Å². The average molecular weight is 232 g/mol. The van der Waals surface area contributed by atoms with Gasteiger partial charge in [0.25, 0.3) is 0 Å². The molecule has 1 spiro atoms. The fourth-order valence-electron chi connectivity index (χ4n) is 2.71. The van der Waals surface area contributed by atoms with E-state index in [-0.39, 0.29) is 24.5 Å². The predicted octanol–water partition coefficient (Wildman–Crippen LogP) is 1.78. The van der Waals surface area contributed by atoms with Crippen LogP contribution in [-0.4, -0.2) is 18.0 Å². The lowest BCUT2D eigenvalue weighted by Crippen LogP contribution is -2.40. The minimum Gasteiger partial charge on any atom is -0.462 e. The van der Waals surface area contributed by atoms with Gasteiger partial charge in [0.05, 0.1) is 12.0 Å². The van der Waals surface area contributed by atoms with Gasteiger partial charge >= 0.3 is 11.9 Å². The molecule has 1 fully saturated rings.